The van der Waals surface area contributed by atoms with E-state index in [4.69, 9.17) is 9.72 Å². The van der Waals surface area contributed by atoms with Crippen molar-refractivity contribution < 1.29 is 4.74 Å². The van der Waals surface area contributed by atoms with Gasteiger partial charge in [0, 0.05) is 18.0 Å². The summed E-state index contributed by atoms with van der Waals surface area (Å²) in [5, 5.41) is 4.21. The minimum atomic E-state index is 0.0936. The lowest BCUT2D eigenvalue weighted by Crippen LogP contribution is -2.24. The first-order valence-corrected chi connectivity index (χ1v) is 10.5. The Morgan fingerprint density at radius 1 is 1.19 bits per heavy atom. The maximum Gasteiger partial charge on any atom is 0.263 e. The predicted octanol–water partition coefficient (Wildman–Crippen LogP) is 4.37. The second kappa shape index (κ2) is 7.72. The highest BCUT2D eigenvalue weighted by Crippen LogP contribution is 2.34. The molecule has 0 aliphatic heterocycles. The third kappa shape index (κ3) is 3.46. The molecule has 0 amide bonds. The van der Waals surface area contributed by atoms with Gasteiger partial charge in [-0.2, -0.15) is 0 Å². The van der Waals surface area contributed by atoms with Crippen molar-refractivity contribution in [3.8, 4) is 5.75 Å². The normalized spacial score (nSPS) is 13.6. The van der Waals surface area contributed by atoms with E-state index in [-0.39, 0.29) is 5.56 Å². The van der Waals surface area contributed by atoms with Crippen molar-refractivity contribution in [2.45, 2.75) is 52.6 Å². The number of fused-ring (bicyclic) bond motifs is 3. The van der Waals surface area contributed by atoms with E-state index in [0.717, 1.165) is 34.4 Å². The number of aryl methyl sites for hydroxylation is 2. The van der Waals surface area contributed by atoms with Crippen LogP contribution in [0.15, 0.2) is 29.1 Å². The number of hydrogen-bond donors (Lipinski definition) is 1. The van der Waals surface area contributed by atoms with Crippen LogP contribution in [0, 0.1) is 0 Å². The monoisotopic (exact) mass is 383 g/mol. The van der Waals surface area contributed by atoms with Crippen LogP contribution in [-0.4, -0.2) is 16.2 Å². The molecule has 27 heavy (non-hydrogen) atoms. The fraction of sp³-hybridized carbons (Fsp3) is 0.429. The molecular weight excluding hydrogens is 358 g/mol. The van der Waals surface area contributed by atoms with Crippen molar-refractivity contribution in [3.05, 3.63) is 50.6 Å². The highest BCUT2D eigenvalue weighted by molar-refractivity contribution is 7.18. The number of nitrogens with zero attached hydrogens (tertiary/aromatic N) is 2. The van der Waals surface area contributed by atoms with Crippen molar-refractivity contribution in [2.75, 3.05) is 11.9 Å². The molecule has 0 spiro atoms. The molecule has 3 aromatic rings. The van der Waals surface area contributed by atoms with Gasteiger partial charge in [0.05, 0.1) is 12.0 Å². The van der Waals surface area contributed by atoms with Gasteiger partial charge in [-0.05, 0) is 62.8 Å². The quantitative estimate of drug-likeness (QED) is 0.687. The minimum Gasteiger partial charge on any atom is -0.494 e. The highest BCUT2D eigenvalue weighted by Gasteiger charge is 2.21. The summed E-state index contributed by atoms with van der Waals surface area (Å²) in [7, 11) is 0. The molecule has 2 heterocycles. The molecule has 2 aromatic heterocycles. The van der Waals surface area contributed by atoms with Gasteiger partial charge in [0.25, 0.3) is 5.56 Å². The summed E-state index contributed by atoms with van der Waals surface area (Å²) in [6.45, 7) is 5.86. The molecule has 4 rings (SSSR count). The molecule has 0 radical (unpaired) electrons. The molecule has 5 nitrogen and oxygen atoms in total. The summed E-state index contributed by atoms with van der Waals surface area (Å²) >= 11 is 1.70. The fourth-order valence-corrected chi connectivity index (χ4v) is 4.97. The minimum absolute atomic E-state index is 0.0936. The number of rotatable bonds is 6. The molecule has 1 aliphatic rings. The maximum absolute atomic E-state index is 13.1. The molecule has 0 unspecified atom stereocenters. The van der Waals surface area contributed by atoms with Crippen molar-refractivity contribution >= 4 is 27.5 Å². The smallest absolute Gasteiger partial charge is 0.263 e. The van der Waals surface area contributed by atoms with Crippen LogP contribution in [0.1, 0.15) is 42.7 Å². The SMILES string of the molecule is CCOc1ccc(CNc2nc3sc4c(c3c(=O)n2CC)CCCC4)cc1. The Morgan fingerprint density at radius 3 is 2.70 bits per heavy atom. The Hall–Kier alpha value is -2.34. The molecule has 142 valence electrons. The zero-order chi connectivity index (χ0) is 18.8. The van der Waals surface area contributed by atoms with Crippen LogP contribution in [0.2, 0.25) is 0 Å². The van der Waals surface area contributed by atoms with Crippen LogP contribution >= 0.6 is 11.3 Å². The highest BCUT2D eigenvalue weighted by atomic mass is 32.1. The van der Waals surface area contributed by atoms with Crippen LogP contribution < -0.4 is 15.6 Å². The van der Waals surface area contributed by atoms with Gasteiger partial charge in [-0.3, -0.25) is 9.36 Å². The van der Waals surface area contributed by atoms with Crippen molar-refractivity contribution in [1.29, 1.82) is 0 Å². The zero-order valence-electron chi connectivity index (χ0n) is 15.9. The number of hydrogen-bond acceptors (Lipinski definition) is 5. The van der Waals surface area contributed by atoms with Crippen molar-refractivity contribution in [3.63, 3.8) is 0 Å². The number of benzene rings is 1. The van der Waals surface area contributed by atoms with Gasteiger partial charge in [-0.25, -0.2) is 4.98 Å². The first kappa shape index (κ1) is 18.0. The summed E-state index contributed by atoms with van der Waals surface area (Å²) in [4.78, 5) is 20.2. The molecule has 0 saturated heterocycles. The fourth-order valence-electron chi connectivity index (χ4n) is 3.72. The Morgan fingerprint density at radius 2 is 1.96 bits per heavy atom. The number of nitrogens with one attached hydrogen (secondary N) is 1. The molecule has 1 aliphatic carbocycles. The van der Waals surface area contributed by atoms with Gasteiger partial charge in [0.1, 0.15) is 10.6 Å². The molecule has 0 fully saturated rings. The van der Waals surface area contributed by atoms with E-state index in [9.17, 15) is 4.79 Å². The lowest BCUT2D eigenvalue weighted by Gasteiger charge is -2.14. The Labute approximate surface area is 163 Å². The average Bonchev–Trinajstić information content (AvgIpc) is 3.06. The molecule has 1 aromatic carbocycles. The third-order valence-corrected chi connectivity index (χ3v) is 6.26. The second-order valence-electron chi connectivity index (χ2n) is 6.81. The van der Waals surface area contributed by atoms with E-state index < -0.39 is 0 Å². The predicted molar refractivity (Wildman–Crippen MR) is 111 cm³/mol. The van der Waals surface area contributed by atoms with E-state index in [1.165, 1.54) is 23.3 Å². The number of ether oxygens (including phenoxy) is 1. The molecular formula is C21H25N3O2S. The molecule has 0 atom stereocenters. The number of anilines is 1. The number of aromatic nitrogens is 2. The summed E-state index contributed by atoms with van der Waals surface area (Å²) < 4.78 is 7.25. The molecule has 1 N–H and O–H groups in total. The Bertz CT molecular complexity index is 1000. The van der Waals surface area contributed by atoms with Crippen LogP contribution in [-0.2, 0) is 25.9 Å². The largest absolute Gasteiger partial charge is 0.494 e. The van der Waals surface area contributed by atoms with E-state index in [0.29, 0.717) is 25.6 Å². The lowest BCUT2D eigenvalue weighted by atomic mass is 9.97. The second-order valence-corrected chi connectivity index (χ2v) is 7.89. The van der Waals surface area contributed by atoms with E-state index in [2.05, 4.69) is 5.32 Å². The topological polar surface area (TPSA) is 56.1 Å². The third-order valence-electron chi connectivity index (χ3n) is 5.08. The number of thiophene rings is 1. The standard InChI is InChI=1S/C21H25N3O2S/c1-3-24-20(25)18-16-7-5-6-8-17(16)27-19(18)23-21(24)22-13-14-9-11-15(12-10-14)26-4-2/h9-12H,3-8,13H2,1-2H3,(H,22,23). The van der Waals surface area contributed by atoms with Crippen LogP contribution in [0.5, 0.6) is 5.75 Å². The van der Waals surface area contributed by atoms with Crippen molar-refractivity contribution in [2.24, 2.45) is 0 Å². The Kier molecular flexibility index (Phi) is 5.16. The first-order valence-electron chi connectivity index (χ1n) is 9.72. The van der Waals surface area contributed by atoms with E-state index >= 15 is 0 Å². The van der Waals surface area contributed by atoms with Gasteiger partial charge in [0.15, 0.2) is 0 Å². The van der Waals surface area contributed by atoms with Crippen LogP contribution in [0.3, 0.4) is 0 Å². The molecule has 6 heteroatoms. The van der Waals surface area contributed by atoms with E-state index in [1.807, 2.05) is 38.1 Å². The van der Waals surface area contributed by atoms with Gasteiger partial charge in [-0.1, -0.05) is 12.1 Å². The molecule has 0 bridgehead atoms. The molecule has 0 saturated carbocycles. The summed E-state index contributed by atoms with van der Waals surface area (Å²) in [6, 6.07) is 8.01. The van der Waals surface area contributed by atoms with Crippen LogP contribution in [0.4, 0.5) is 5.95 Å². The first-order chi connectivity index (χ1) is 13.2. The van der Waals surface area contributed by atoms with Gasteiger partial charge in [0.2, 0.25) is 5.95 Å². The Balaban J connectivity index is 1.64. The summed E-state index contributed by atoms with van der Waals surface area (Å²) in [5.41, 5.74) is 2.47. The van der Waals surface area contributed by atoms with Crippen molar-refractivity contribution in [1.82, 2.24) is 9.55 Å². The average molecular weight is 384 g/mol. The zero-order valence-corrected chi connectivity index (χ0v) is 16.7. The van der Waals surface area contributed by atoms with Crippen LogP contribution in [0.25, 0.3) is 10.2 Å². The summed E-state index contributed by atoms with van der Waals surface area (Å²) in [6.07, 6.45) is 4.47. The summed E-state index contributed by atoms with van der Waals surface area (Å²) in [5.74, 6) is 1.53. The van der Waals surface area contributed by atoms with E-state index in [1.54, 1.807) is 15.9 Å². The van der Waals surface area contributed by atoms with Gasteiger partial charge < -0.3 is 10.1 Å². The van der Waals surface area contributed by atoms with Gasteiger partial charge >= 0.3 is 0 Å². The van der Waals surface area contributed by atoms with Gasteiger partial charge in [-0.15, -0.1) is 11.3 Å². The lowest BCUT2D eigenvalue weighted by molar-refractivity contribution is 0.340. The maximum atomic E-state index is 13.1.